The second-order valence-corrected chi connectivity index (χ2v) is 5.04. The molecule has 1 heteroatoms. The first kappa shape index (κ1) is 15.7. The second-order valence-electron chi connectivity index (χ2n) is 5.04. The average Bonchev–Trinajstić information content (AvgIpc) is 2.43. The summed E-state index contributed by atoms with van der Waals surface area (Å²) in [6.07, 6.45) is 10.7. The Bertz CT molecular complexity index is 378. The van der Waals surface area contributed by atoms with Crippen molar-refractivity contribution in [3.8, 4) is 0 Å². The Morgan fingerprint density at radius 2 is 1.95 bits per heavy atom. The van der Waals surface area contributed by atoms with E-state index in [0.717, 1.165) is 17.6 Å². The molecule has 1 atom stereocenters. The van der Waals surface area contributed by atoms with E-state index in [0.29, 0.717) is 6.42 Å². The summed E-state index contributed by atoms with van der Waals surface area (Å²) in [7, 11) is 0. The van der Waals surface area contributed by atoms with Crippen molar-refractivity contribution in [1.82, 2.24) is 0 Å². The van der Waals surface area contributed by atoms with Crippen molar-refractivity contribution in [3.05, 3.63) is 60.2 Å². The molecule has 19 heavy (non-hydrogen) atoms. The highest BCUT2D eigenvalue weighted by atomic mass is 16.3. The van der Waals surface area contributed by atoms with Crippen LogP contribution in [-0.2, 0) is 0 Å². The molecule has 0 saturated carbocycles. The molecule has 1 aromatic rings. The van der Waals surface area contributed by atoms with Crippen molar-refractivity contribution in [3.63, 3.8) is 0 Å². The van der Waals surface area contributed by atoms with Crippen LogP contribution in [0.1, 0.15) is 57.1 Å². The summed E-state index contributed by atoms with van der Waals surface area (Å²) in [4.78, 5) is 0. The standard InChI is InChI=1S/C18H26O/c1-3-4-5-6-7-9-12-16(2)15-18(19)17-13-10-8-11-14-17/h8-14,18-19H,2-7,15H2,1H3/b12-9+. The molecule has 0 bridgehead atoms. The predicted octanol–water partition coefficient (Wildman–Crippen LogP) is 5.19. The van der Waals surface area contributed by atoms with Gasteiger partial charge in [0, 0.05) is 6.42 Å². The number of hydrogen-bond donors (Lipinski definition) is 1. The van der Waals surface area contributed by atoms with E-state index in [4.69, 9.17) is 0 Å². The van der Waals surface area contributed by atoms with Crippen LogP contribution in [0.4, 0.5) is 0 Å². The molecular weight excluding hydrogens is 232 g/mol. The summed E-state index contributed by atoms with van der Waals surface area (Å²) < 4.78 is 0. The predicted molar refractivity (Wildman–Crippen MR) is 83.1 cm³/mol. The van der Waals surface area contributed by atoms with E-state index in [2.05, 4.69) is 25.7 Å². The fraction of sp³-hybridized carbons (Fsp3) is 0.444. The maximum Gasteiger partial charge on any atom is 0.0830 e. The fourth-order valence-electron chi connectivity index (χ4n) is 2.05. The summed E-state index contributed by atoms with van der Waals surface area (Å²) in [6.45, 7) is 6.23. The van der Waals surface area contributed by atoms with Gasteiger partial charge in [0.05, 0.1) is 6.10 Å². The largest absolute Gasteiger partial charge is 0.388 e. The first-order valence-electron chi connectivity index (χ1n) is 7.31. The number of aliphatic hydroxyl groups is 1. The van der Waals surface area contributed by atoms with Crippen LogP contribution in [0, 0.1) is 0 Å². The number of hydrogen-bond acceptors (Lipinski definition) is 1. The minimum Gasteiger partial charge on any atom is -0.388 e. The van der Waals surface area contributed by atoms with Gasteiger partial charge >= 0.3 is 0 Å². The molecule has 1 nitrogen and oxygen atoms in total. The lowest BCUT2D eigenvalue weighted by Gasteiger charge is -2.10. The van der Waals surface area contributed by atoms with Gasteiger partial charge in [0.2, 0.25) is 0 Å². The molecule has 0 aliphatic carbocycles. The van der Waals surface area contributed by atoms with Gasteiger partial charge in [0.25, 0.3) is 0 Å². The summed E-state index contributed by atoms with van der Waals surface area (Å²) in [6, 6.07) is 9.76. The van der Waals surface area contributed by atoms with Gasteiger partial charge in [-0.3, -0.25) is 0 Å². The van der Waals surface area contributed by atoms with Gasteiger partial charge in [-0.1, -0.05) is 80.8 Å². The van der Waals surface area contributed by atoms with Crippen molar-refractivity contribution in [2.45, 2.75) is 51.6 Å². The lowest BCUT2D eigenvalue weighted by molar-refractivity contribution is 0.179. The second kappa shape index (κ2) is 9.57. The Morgan fingerprint density at radius 3 is 2.63 bits per heavy atom. The van der Waals surface area contributed by atoms with Crippen molar-refractivity contribution in [2.24, 2.45) is 0 Å². The SMILES string of the molecule is C=C(/C=C/CCCCCC)CC(O)c1ccccc1. The van der Waals surface area contributed by atoms with Crippen LogP contribution < -0.4 is 0 Å². The lowest BCUT2D eigenvalue weighted by atomic mass is 10.0. The number of allylic oxidation sites excluding steroid dienone is 2. The fourth-order valence-corrected chi connectivity index (χ4v) is 2.05. The number of rotatable bonds is 9. The van der Waals surface area contributed by atoms with E-state index in [-0.39, 0.29) is 0 Å². The molecule has 0 saturated heterocycles. The molecule has 1 aromatic carbocycles. The molecule has 0 heterocycles. The van der Waals surface area contributed by atoms with Gasteiger partial charge in [0.15, 0.2) is 0 Å². The number of benzene rings is 1. The number of aliphatic hydroxyl groups excluding tert-OH is 1. The Kier molecular flexibility index (Phi) is 7.92. The maximum atomic E-state index is 10.1. The molecule has 0 aliphatic heterocycles. The van der Waals surface area contributed by atoms with Gasteiger partial charge in [-0.2, -0.15) is 0 Å². The third-order valence-electron chi connectivity index (χ3n) is 3.22. The van der Waals surface area contributed by atoms with Crippen LogP contribution in [0.2, 0.25) is 0 Å². The zero-order valence-corrected chi connectivity index (χ0v) is 12.0. The average molecular weight is 258 g/mol. The Morgan fingerprint density at radius 1 is 1.21 bits per heavy atom. The summed E-state index contributed by atoms with van der Waals surface area (Å²) in [5.74, 6) is 0. The van der Waals surface area contributed by atoms with Gasteiger partial charge < -0.3 is 5.11 Å². The third-order valence-corrected chi connectivity index (χ3v) is 3.22. The van der Waals surface area contributed by atoms with E-state index >= 15 is 0 Å². The smallest absolute Gasteiger partial charge is 0.0830 e. The van der Waals surface area contributed by atoms with E-state index in [1.54, 1.807) is 0 Å². The van der Waals surface area contributed by atoms with Crippen LogP contribution in [0.3, 0.4) is 0 Å². The normalized spacial score (nSPS) is 12.7. The van der Waals surface area contributed by atoms with Gasteiger partial charge in [-0.25, -0.2) is 0 Å². The highest BCUT2D eigenvalue weighted by molar-refractivity contribution is 5.22. The Labute approximate surface area is 117 Å². The quantitative estimate of drug-likeness (QED) is 0.477. The molecule has 104 valence electrons. The van der Waals surface area contributed by atoms with Gasteiger partial charge in [-0.05, 0) is 18.4 Å². The zero-order chi connectivity index (χ0) is 13.9. The highest BCUT2D eigenvalue weighted by Gasteiger charge is 2.06. The maximum absolute atomic E-state index is 10.1. The molecule has 0 amide bonds. The Hall–Kier alpha value is -1.34. The van der Waals surface area contributed by atoms with E-state index < -0.39 is 6.10 Å². The molecule has 0 radical (unpaired) electrons. The number of unbranched alkanes of at least 4 members (excludes halogenated alkanes) is 4. The van der Waals surface area contributed by atoms with E-state index in [9.17, 15) is 5.11 Å². The molecular formula is C18H26O. The van der Waals surface area contributed by atoms with Crippen LogP contribution in [0.25, 0.3) is 0 Å². The summed E-state index contributed by atoms with van der Waals surface area (Å²) in [5.41, 5.74) is 1.95. The van der Waals surface area contributed by atoms with E-state index in [1.807, 2.05) is 30.3 Å². The van der Waals surface area contributed by atoms with Crippen molar-refractivity contribution in [2.75, 3.05) is 0 Å². The first-order chi connectivity index (χ1) is 9.24. The summed E-state index contributed by atoms with van der Waals surface area (Å²) in [5, 5.41) is 10.1. The zero-order valence-electron chi connectivity index (χ0n) is 12.0. The molecule has 0 aliphatic rings. The van der Waals surface area contributed by atoms with Crippen LogP contribution in [0.5, 0.6) is 0 Å². The van der Waals surface area contributed by atoms with Gasteiger partial charge in [0.1, 0.15) is 0 Å². The monoisotopic (exact) mass is 258 g/mol. The topological polar surface area (TPSA) is 20.2 Å². The van der Waals surface area contributed by atoms with E-state index in [1.165, 1.54) is 25.7 Å². The van der Waals surface area contributed by atoms with Crippen LogP contribution >= 0.6 is 0 Å². The van der Waals surface area contributed by atoms with Crippen LogP contribution in [0.15, 0.2) is 54.6 Å². The van der Waals surface area contributed by atoms with Gasteiger partial charge in [-0.15, -0.1) is 0 Å². The highest BCUT2D eigenvalue weighted by Crippen LogP contribution is 2.20. The third kappa shape index (κ3) is 6.97. The molecule has 1 rings (SSSR count). The molecule has 1 unspecified atom stereocenters. The minimum absolute atomic E-state index is 0.446. The van der Waals surface area contributed by atoms with Crippen LogP contribution in [-0.4, -0.2) is 5.11 Å². The molecule has 0 spiro atoms. The molecule has 1 N–H and O–H groups in total. The van der Waals surface area contributed by atoms with Crippen molar-refractivity contribution in [1.29, 1.82) is 0 Å². The Balaban J connectivity index is 2.25. The molecule has 0 aromatic heterocycles. The van der Waals surface area contributed by atoms with Crippen molar-refractivity contribution < 1.29 is 5.11 Å². The lowest BCUT2D eigenvalue weighted by Crippen LogP contribution is -1.97. The van der Waals surface area contributed by atoms with Crippen molar-refractivity contribution >= 4 is 0 Å². The first-order valence-corrected chi connectivity index (χ1v) is 7.31. The minimum atomic E-state index is -0.446. The summed E-state index contributed by atoms with van der Waals surface area (Å²) >= 11 is 0. The molecule has 0 fully saturated rings.